The predicted octanol–water partition coefficient (Wildman–Crippen LogP) is 1.62. The predicted molar refractivity (Wildman–Crippen MR) is 68.8 cm³/mol. The van der Waals surface area contributed by atoms with E-state index in [0.29, 0.717) is 0 Å². The van der Waals surface area contributed by atoms with Crippen molar-refractivity contribution in [2.24, 2.45) is 5.92 Å². The van der Waals surface area contributed by atoms with Crippen LogP contribution in [0.25, 0.3) is 0 Å². The van der Waals surface area contributed by atoms with Crippen molar-refractivity contribution in [3.05, 3.63) is 17.0 Å². The first kappa shape index (κ1) is 15.2. The first-order valence-electron chi connectivity index (χ1n) is 6.25. The number of rotatable bonds is 6. The molecule has 2 N–H and O–H groups in total. The summed E-state index contributed by atoms with van der Waals surface area (Å²) in [5.41, 5.74) is 1.73. The molecule has 0 radical (unpaired) electrons. The fraction of sp³-hybridized carbons (Fsp3) is 0.615. The van der Waals surface area contributed by atoms with Crippen LogP contribution in [0.3, 0.4) is 0 Å². The first-order chi connectivity index (χ1) is 8.82. The Bertz CT molecular complexity index is 448. The van der Waals surface area contributed by atoms with Crippen LogP contribution in [0.15, 0.2) is 4.52 Å². The molecule has 0 fully saturated rings. The minimum Gasteiger partial charge on any atom is -0.481 e. The number of aliphatic carboxylic acids is 1. The zero-order chi connectivity index (χ0) is 14.6. The van der Waals surface area contributed by atoms with Crippen molar-refractivity contribution in [2.45, 2.75) is 40.0 Å². The lowest BCUT2D eigenvalue weighted by atomic mass is 9.96. The van der Waals surface area contributed by atoms with E-state index in [1.165, 1.54) is 0 Å². The summed E-state index contributed by atoms with van der Waals surface area (Å²) in [7, 11) is 0. The molecule has 0 saturated carbocycles. The Kier molecular flexibility index (Phi) is 5.09. The molecule has 19 heavy (non-hydrogen) atoms. The largest absolute Gasteiger partial charge is 0.481 e. The lowest BCUT2D eigenvalue weighted by Crippen LogP contribution is -2.32. The molecule has 2 unspecified atom stereocenters. The van der Waals surface area contributed by atoms with Crippen molar-refractivity contribution in [3.8, 4) is 0 Å². The Morgan fingerprint density at radius 3 is 2.47 bits per heavy atom. The summed E-state index contributed by atoms with van der Waals surface area (Å²) in [4.78, 5) is 22.4. The van der Waals surface area contributed by atoms with Gasteiger partial charge in [0.25, 0.3) is 0 Å². The number of nitrogens with one attached hydrogen (secondary N) is 1. The van der Waals surface area contributed by atoms with Gasteiger partial charge in [-0.2, -0.15) is 0 Å². The van der Waals surface area contributed by atoms with Crippen molar-refractivity contribution in [1.29, 1.82) is 0 Å². The maximum atomic E-state index is 11.7. The molecule has 106 valence electrons. The van der Waals surface area contributed by atoms with Crippen LogP contribution < -0.4 is 5.32 Å². The van der Waals surface area contributed by atoms with Gasteiger partial charge in [0.15, 0.2) is 0 Å². The first-order valence-corrected chi connectivity index (χ1v) is 6.25. The molecule has 1 heterocycles. The van der Waals surface area contributed by atoms with Gasteiger partial charge >= 0.3 is 5.97 Å². The van der Waals surface area contributed by atoms with Crippen LogP contribution in [0.4, 0.5) is 0 Å². The van der Waals surface area contributed by atoms with Crippen LogP contribution in [0.5, 0.6) is 0 Å². The number of carboxylic acids is 1. The number of carbonyl (C=O) groups is 2. The zero-order valence-electron chi connectivity index (χ0n) is 11.7. The third-order valence-corrected chi connectivity index (χ3v) is 3.10. The number of carbonyl (C=O) groups excluding carboxylic acids is 1. The third-order valence-electron chi connectivity index (χ3n) is 3.10. The molecule has 6 nitrogen and oxygen atoms in total. The van der Waals surface area contributed by atoms with Crippen LogP contribution in [0, 0.1) is 19.8 Å². The van der Waals surface area contributed by atoms with Crippen LogP contribution in [-0.2, 0) is 9.59 Å². The minimum atomic E-state index is -0.918. The number of hydrogen-bond acceptors (Lipinski definition) is 4. The fourth-order valence-electron chi connectivity index (χ4n) is 2.00. The van der Waals surface area contributed by atoms with Crippen molar-refractivity contribution < 1.29 is 19.2 Å². The van der Waals surface area contributed by atoms with E-state index in [0.717, 1.165) is 17.0 Å². The molecule has 2 atom stereocenters. The standard InChI is InChI=1S/C13H20N2O4/c1-7(12-9(3)15-19-10(12)4)5-11(16)14-6-8(2)13(17)18/h7-8H,5-6H2,1-4H3,(H,14,16)(H,17,18). The molecule has 1 aromatic rings. The molecule has 0 saturated heterocycles. The molecule has 0 bridgehead atoms. The summed E-state index contributed by atoms with van der Waals surface area (Å²) < 4.78 is 5.07. The average molecular weight is 268 g/mol. The topological polar surface area (TPSA) is 92.4 Å². The summed E-state index contributed by atoms with van der Waals surface area (Å²) in [6, 6.07) is 0. The summed E-state index contributed by atoms with van der Waals surface area (Å²) >= 11 is 0. The van der Waals surface area contributed by atoms with Gasteiger partial charge in [0, 0.05) is 18.5 Å². The number of aryl methyl sites for hydroxylation is 2. The van der Waals surface area contributed by atoms with Crippen LogP contribution >= 0.6 is 0 Å². The van der Waals surface area contributed by atoms with Gasteiger partial charge < -0.3 is 14.9 Å². The van der Waals surface area contributed by atoms with Crippen LogP contribution in [-0.4, -0.2) is 28.7 Å². The summed E-state index contributed by atoms with van der Waals surface area (Å²) in [6.07, 6.45) is 0.287. The van der Waals surface area contributed by atoms with Crippen molar-refractivity contribution >= 4 is 11.9 Å². The molecule has 0 spiro atoms. The number of amides is 1. The second-order valence-electron chi connectivity index (χ2n) is 4.89. The second kappa shape index (κ2) is 6.36. The lowest BCUT2D eigenvalue weighted by molar-refractivity contribution is -0.141. The molecule has 6 heteroatoms. The van der Waals surface area contributed by atoms with Gasteiger partial charge in [-0.3, -0.25) is 9.59 Å². The number of nitrogens with zero attached hydrogens (tertiary/aromatic N) is 1. The quantitative estimate of drug-likeness (QED) is 0.817. The molecule has 1 aromatic heterocycles. The highest BCUT2D eigenvalue weighted by Crippen LogP contribution is 2.25. The van der Waals surface area contributed by atoms with Gasteiger partial charge in [0.2, 0.25) is 5.91 Å². The summed E-state index contributed by atoms with van der Waals surface area (Å²) in [5.74, 6) is -0.957. The van der Waals surface area contributed by atoms with Gasteiger partial charge in [0.05, 0.1) is 11.6 Å². The Balaban J connectivity index is 2.51. The van der Waals surface area contributed by atoms with Gasteiger partial charge in [-0.15, -0.1) is 0 Å². The SMILES string of the molecule is Cc1noc(C)c1C(C)CC(=O)NCC(C)C(=O)O. The minimum absolute atomic E-state index is 0.00798. The fourth-order valence-corrected chi connectivity index (χ4v) is 2.00. The second-order valence-corrected chi connectivity index (χ2v) is 4.89. The molecular weight excluding hydrogens is 248 g/mol. The molecule has 0 aliphatic heterocycles. The van der Waals surface area contributed by atoms with E-state index in [1.54, 1.807) is 6.92 Å². The van der Waals surface area contributed by atoms with Gasteiger partial charge in [0.1, 0.15) is 5.76 Å². The maximum absolute atomic E-state index is 11.7. The maximum Gasteiger partial charge on any atom is 0.308 e. The van der Waals surface area contributed by atoms with Crippen molar-refractivity contribution in [3.63, 3.8) is 0 Å². The highest BCUT2D eigenvalue weighted by atomic mass is 16.5. The van der Waals surface area contributed by atoms with Gasteiger partial charge in [-0.1, -0.05) is 19.0 Å². The lowest BCUT2D eigenvalue weighted by Gasteiger charge is -2.12. The zero-order valence-corrected chi connectivity index (χ0v) is 11.7. The van der Waals surface area contributed by atoms with Crippen molar-refractivity contribution in [2.75, 3.05) is 6.54 Å². The Labute approximate surface area is 112 Å². The highest BCUT2D eigenvalue weighted by Gasteiger charge is 2.20. The number of aromatic nitrogens is 1. The van der Waals surface area contributed by atoms with E-state index in [1.807, 2.05) is 20.8 Å². The number of carboxylic acid groups (broad SMARTS) is 1. The van der Waals surface area contributed by atoms with E-state index in [9.17, 15) is 9.59 Å². The van der Waals surface area contributed by atoms with Gasteiger partial charge in [-0.25, -0.2) is 0 Å². The van der Waals surface area contributed by atoms with E-state index in [-0.39, 0.29) is 24.8 Å². The third kappa shape index (κ3) is 4.08. The summed E-state index contributed by atoms with van der Waals surface area (Å²) in [6.45, 7) is 7.28. The van der Waals surface area contributed by atoms with E-state index in [4.69, 9.17) is 9.63 Å². The number of hydrogen-bond donors (Lipinski definition) is 2. The average Bonchev–Trinajstić information content (AvgIpc) is 2.65. The molecular formula is C13H20N2O4. The van der Waals surface area contributed by atoms with Crippen LogP contribution in [0.2, 0.25) is 0 Å². The van der Waals surface area contributed by atoms with Gasteiger partial charge in [-0.05, 0) is 19.8 Å². The molecule has 0 aliphatic carbocycles. The van der Waals surface area contributed by atoms with E-state index >= 15 is 0 Å². The highest BCUT2D eigenvalue weighted by molar-refractivity contribution is 5.78. The monoisotopic (exact) mass is 268 g/mol. The smallest absolute Gasteiger partial charge is 0.308 e. The molecule has 0 aromatic carbocycles. The molecule has 1 amide bonds. The van der Waals surface area contributed by atoms with Crippen LogP contribution in [0.1, 0.15) is 43.2 Å². The Hall–Kier alpha value is -1.85. The molecule has 0 aliphatic rings. The Morgan fingerprint density at radius 1 is 1.37 bits per heavy atom. The van der Waals surface area contributed by atoms with Crippen molar-refractivity contribution in [1.82, 2.24) is 10.5 Å². The van der Waals surface area contributed by atoms with E-state index in [2.05, 4.69) is 10.5 Å². The van der Waals surface area contributed by atoms with E-state index < -0.39 is 11.9 Å². The molecule has 1 rings (SSSR count). The Morgan fingerprint density at radius 2 is 2.00 bits per heavy atom. The summed E-state index contributed by atoms with van der Waals surface area (Å²) in [5, 5.41) is 15.2. The normalized spacial score (nSPS) is 13.9.